The van der Waals surface area contributed by atoms with Crippen molar-refractivity contribution in [1.29, 1.82) is 0 Å². The van der Waals surface area contributed by atoms with E-state index in [1.165, 1.54) is 11.6 Å². The second-order valence-electron chi connectivity index (χ2n) is 8.79. The molecule has 2 fully saturated rings. The molecular formula is C23H24ClF2N5O3. The Balaban J connectivity index is 1.47. The number of likely N-dealkylation sites (tertiary alicyclic amines) is 1. The average molecular weight is 492 g/mol. The number of carbonyl (C=O) groups excluding carboxylic acids is 1. The van der Waals surface area contributed by atoms with Crippen LogP contribution in [-0.2, 0) is 0 Å². The van der Waals surface area contributed by atoms with Gasteiger partial charge in [0.15, 0.2) is 5.82 Å². The van der Waals surface area contributed by atoms with Crippen molar-refractivity contribution < 1.29 is 18.3 Å². The molecule has 1 saturated carbocycles. The van der Waals surface area contributed by atoms with Crippen LogP contribution in [0.3, 0.4) is 0 Å². The van der Waals surface area contributed by atoms with Crippen LogP contribution in [0.2, 0.25) is 5.02 Å². The van der Waals surface area contributed by atoms with Gasteiger partial charge < -0.3 is 15.0 Å². The number of alkyl halides is 2. The molecule has 3 aromatic rings. The van der Waals surface area contributed by atoms with Gasteiger partial charge in [0.25, 0.3) is 17.9 Å². The molecule has 1 saturated heterocycles. The molecule has 0 bridgehead atoms. The monoisotopic (exact) mass is 491 g/mol. The van der Waals surface area contributed by atoms with Crippen molar-refractivity contribution in [2.45, 2.75) is 37.6 Å². The predicted octanol–water partition coefficient (Wildman–Crippen LogP) is 3.30. The van der Waals surface area contributed by atoms with Crippen molar-refractivity contribution in [2.75, 3.05) is 26.7 Å². The number of methoxy groups -OCH3 is 1. The summed E-state index contributed by atoms with van der Waals surface area (Å²) in [5.74, 6) is 0.570. The number of amides is 1. The lowest BCUT2D eigenvalue weighted by atomic mass is 10.1. The minimum Gasteiger partial charge on any atom is -0.495 e. The van der Waals surface area contributed by atoms with Gasteiger partial charge in [-0.2, -0.15) is 0 Å². The Bertz CT molecular complexity index is 1300. The van der Waals surface area contributed by atoms with Crippen molar-refractivity contribution in [3.8, 4) is 17.1 Å². The number of hydrogen-bond acceptors (Lipinski definition) is 5. The van der Waals surface area contributed by atoms with Gasteiger partial charge in [-0.3, -0.25) is 14.5 Å². The van der Waals surface area contributed by atoms with Gasteiger partial charge in [0.05, 0.1) is 24.2 Å². The number of benzene rings is 1. The van der Waals surface area contributed by atoms with Crippen molar-refractivity contribution in [3.63, 3.8) is 0 Å². The number of H-pyrrole nitrogens is 1. The molecule has 2 aromatic heterocycles. The normalized spacial score (nSPS) is 18.7. The first-order valence-corrected chi connectivity index (χ1v) is 11.5. The molecule has 0 radical (unpaired) electrons. The Labute approximate surface area is 198 Å². The van der Waals surface area contributed by atoms with Crippen LogP contribution < -0.4 is 15.6 Å². The summed E-state index contributed by atoms with van der Waals surface area (Å²) in [6, 6.07) is 4.84. The van der Waals surface area contributed by atoms with Crippen LogP contribution >= 0.6 is 11.6 Å². The first-order chi connectivity index (χ1) is 16.3. The van der Waals surface area contributed by atoms with Crippen molar-refractivity contribution in [1.82, 2.24) is 24.8 Å². The van der Waals surface area contributed by atoms with Crippen LogP contribution in [-0.4, -0.2) is 64.6 Å². The zero-order chi connectivity index (χ0) is 24.0. The second-order valence-corrected chi connectivity index (χ2v) is 9.19. The molecule has 1 aliphatic carbocycles. The topological polar surface area (TPSA) is 91.7 Å². The maximum Gasteiger partial charge on any atom is 0.275 e. The number of carbonyl (C=O) groups is 1. The summed E-state index contributed by atoms with van der Waals surface area (Å²) in [4.78, 5) is 30.7. The molecule has 180 valence electrons. The summed E-state index contributed by atoms with van der Waals surface area (Å²) in [5, 5.41) is 7.95. The maximum atomic E-state index is 13.2. The van der Waals surface area contributed by atoms with Crippen LogP contribution in [0, 0.1) is 0 Å². The lowest BCUT2D eigenvalue weighted by Crippen LogP contribution is -2.38. The Hall–Kier alpha value is -2.98. The number of nitrogens with one attached hydrogen (secondary N) is 2. The van der Waals surface area contributed by atoms with E-state index in [-0.39, 0.29) is 30.0 Å². The fourth-order valence-corrected chi connectivity index (χ4v) is 4.78. The summed E-state index contributed by atoms with van der Waals surface area (Å²) in [5.41, 5.74) is 1.71. The lowest BCUT2D eigenvalue weighted by Gasteiger charge is -2.16. The Morgan fingerprint density at radius 1 is 1.35 bits per heavy atom. The van der Waals surface area contributed by atoms with Gasteiger partial charge >= 0.3 is 0 Å². The van der Waals surface area contributed by atoms with Gasteiger partial charge in [0, 0.05) is 36.5 Å². The SMILES string of the molecule is COc1cc(-c2nn3cc(C(=O)NC4CCN(CC(F)F)C4)c(C4CC4)c3c(=O)[nH]2)ccc1Cl. The second kappa shape index (κ2) is 8.99. The number of hydrogen-bond donors (Lipinski definition) is 2. The number of halogens is 3. The highest BCUT2D eigenvalue weighted by Crippen LogP contribution is 2.43. The van der Waals surface area contributed by atoms with Crippen LogP contribution in [0.5, 0.6) is 5.75 Å². The zero-order valence-corrected chi connectivity index (χ0v) is 19.2. The van der Waals surface area contributed by atoms with Crippen molar-refractivity contribution in [3.05, 3.63) is 50.9 Å². The van der Waals surface area contributed by atoms with E-state index < -0.39 is 6.43 Å². The summed E-state index contributed by atoms with van der Waals surface area (Å²) in [6.45, 7) is 0.592. The van der Waals surface area contributed by atoms with Crippen LogP contribution in [0.15, 0.2) is 29.2 Å². The molecule has 5 rings (SSSR count). The number of aromatic amines is 1. The molecule has 0 spiro atoms. The molecule has 1 aromatic carbocycles. The van der Waals surface area contributed by atoms with Crippen LogP contribution in [0.25, 0.3) is 16.9 Å². The van der Waals surface area contributed by atoms with Gasteiger partial charge in [-0.1, -0.05) is 11.6 Å². The number of fused-ring (bicyclic) bond motifs is 1. The minimum absolute atomic E-state index is 0.119. The van der Waals surface area contributed by atoms with Crippen molar-refractivity contribution in [2.24, 2.45) is 0 Å². The standard InChI is InChI=1S/C23H24ClF2N5O3/c1-34-17-8-13(4-5-16(17)24)21-28-23(33)20-19(12-2-3-12)15(10-31(20)29-21)22(32)27-14-6-7-30(9-14)11-18(25)26/h4-5,8,10,12,14,18H,2-3,6-7,9,11H2,1H3,(H,27,32)(H,28,29,33). The van der Waals surface area contributed by atoms with Crippen molar-refractivity contribution >= 4 is 23.0 Å². The first-order valence-electron chi connectivity index (χ1n) is 11.1. The molecule has 3 heterocycles. The number of ether oxygens (including phenoxy) is 1. The summed E-state index contributed by atoms with van der Waals surface area (Å²) in [6.07, 6.45) is 1.56. The molecule has 11 heteroatoms. The Morgan fingerprint density at radius 2 is 2.15 bits per heavy atom. The molecule has 2 aliphatic rings. The quantitative estimate of drug-likeness (QED) is 0.529. The third-order valence-corrected chi connectivity index (χ3v) is 6.65. The molecule has 1 amide bonds. The highest BCUT2D eigenvalue weighted by atomic mass is 35.5. The van der Waals surface area contributed by atoms with Gasteiger partial charge in [0.1, 0.15) is 11.3 Å². The van der Waals surface area contributed by atoms with Gasteiger partial charge in [-0.25, -0.2) is 13.3 Å². The average Bonchev–Trinajstić information content (AvgIpc) is 3.42. The van der Waals surface area contributed by atoms with E-state index in [4.69, 9.17) is 16.3 Å². The molecular weight excluding hydrogens is 468 g/mol. The van der Waals surface area contributed by atoms with E-state index in [0.29, 0.717) is 58.3 Å². The third-order valence-electron chi connectivity index (χ3n) is 6.34. The Kier molecular flexibility index (Phi) is 6.03. The number of nitrogens with zero attached hydrogens (tertiary/aromatic N) is 3. The van der Waals surface area contributed by atoms with E-state index in [9.17, 15) is 18.4 Å². The summed E-state index contributed by atoms with van der Waals surface area (Å²) >= 11 is 6.11. The summed E-state index contributed by atoms with van der Waals surface area (Å²) < 4.78 is 32.1. The molecule has 1 unspecified atom stereocenters. The van der Waals surface area contributed by atoms with Gasteiger partial charge in [0.2, 0.25) is 0 Å². The summed E-state index contributed by atoms with van der Waals surface area (Å²) in [7, 11) is 1.50. The molecule has 2 N–H and O–H groups in total. The third kappa shape index (κ3) is 4.39. The highest BCUT2D eigenvalue weighted by molar-refractivity contribution is 6.32. The largest absolute Gasteiger partial charge is 0.495 e. The van der Waals surface area contributed by atoms with Crippen LogP contribution in [0.1, 0.15) is 41.1 Å². The van der Waals surface area contributed by atoms with Gasteiger partial charge in [-0.05, 0) is 43.4 Å². The van der Waals surface area contributed by atoms with E-state index in [1.807, 2.05) is 0 Å². The highest BCUT2D eigenvalue weighted by Gasteiger charge is 2.34. The Morgan fingerprint density at radius 3 is 2.85 bits per heavy atom. The van der Waals surface area contributed by atoms with Crippen LogP contribution in [0.4, 0.5) is 8.78 Å². The molecule has 1 atom stereocenters. The zero-order valence-electron chi connectivity index (χ0n) is 18.5. The molecule has 1 aliphatic heterocycles. The lowest BCUT2D eigenvalue weighted by molar-refractivity contribution is 0.0917. The minimum atomic E-state index is -2.40. The fraction of sp³-hybridized carbons (Fsp3) is 0.435. The molecule has 34 heavy (non-hydrogen) atoms. The van der Waals surface area contributed by atoms with Gasteiger partial charge in [-0.15, -0.1) is 5.10 Å². The number of aromatic nitrogens is 3. The van der Waals surface area contributed by atoms with E-state index >= 15 is 0 Å². The smallest absolute Gasteiger partial charge is 0.275 e. The fourth-order valence-electron chi connectivity index (χ4n) is 4.59. The molecule has 8 nitrogen and oxygen atoms in total. The van der Waals surface area contributed by atoms with E-state index in [0.717, 1.165) is 12.8 Å². The van der Waals surface area contributed by atoms with E-state index in [2.05, 4.69) is 15.4 Å². The van der Waals surface area contributed by atoms with E-state index in [1.54, 1.807) is 29.3 Å². The first kappa shape index (κ1) is 22.8. The number of rotatable bonds is 7. The maximum absolute atomic E-state index is 13.2. The predicted molar refractivity (Wildman–Crippen MR) is 123 cm³/mol.